The summed E-state index contributed by atoms with van der Waals surface area (Å²) in [5.74, 6) is 0.0531. The van der Waals surface area contributed by atoms with Crippen molar-refractivity contribution in [1.82, 2.24) is 19.9 Å². The quantitative estimate of drug-likeness (QED) is 0.383. The Labute approximate surface area is 225 Å². The summed E-state index contributed by atoms with van der Waals surface area (Å²) in [4.78, 5) is 34.0. The second-order valence-electron chi connectivity index (χ2n) is 9.30. The maximum Gasteiger partial charge on any atom is 0.337 e. The average Bonchev–Trinajstić information content (AvgIpc) is 2.96. The number of hydrogen-bond acceptors (Lipinski definition) is 10. The van der Waals surface area contributed by atoms with E-state index in [1.807, 2.05) is 41.8 Å². The van der Waals surface area contributed by atoms with Gasteiger partial charge in [0.15, 0.2) is 11.5 Å². The summed E-state index contributed by atoms with van der Waals surface area (Å²) >= 11 is 0. The van der Waals surface area contributed by atoms with Crippen LogP contribution in [0.1, 0.15) is 45.7 Å². The van der Waals surface area contributed by atoms with Gasteiger partial charge in [-0.25, -0.2) is 24.7 Å². The monoisotopic (exact) mass is 519 g/mol. The van der Waals surface area contributed by atoms with Crippen LogP contribution >= 0.6 is 0 Å². The minimum absolute atomic E-state index is 0.184. The molecular weight excluding hydrogens is 494 g/mol. The van der Waals surface area contributed by atoms with Crippen molar-refractivity contribution in [2.75, 3.05) is 41.3 Å². The molecule has 0 saturated carbocycles. The third kappa shape index (κ3) is 5.11. The maximum atomic E-state index is 11.7. The highest BCUT2D eigenvalue weighted by Gasteiger charge is 2.25. The van der Waals surface area contributed by atoms with Crippen LogP contribution < -0.4 is 15.1 Å². The molecule has 1 fully saturated rings. The maximum absolute atomic E-state index is 11.7. The molecule has 1 aliphatic rings. The number of nitrogens with one attached hydrogen (secondary N) is 1. The minimum Gasteiger partial charge on any atom is -0.478 e. The number of carboxylic acid groups (broad SMARTS) is 1. The average molecular weight is 520 g/mol. The first-order chi connectivity index (χ1) is 18.9. The van der Waals surface area contributed by atoms with Crippen molar-refractivity contribution < 1.29 is 9.90 Å². The number of nitriles is 2. The lowest BCUT2D eigenvalue weighted by atomic mass is 10.0. The van der Waals surface area contributed by atoms with Crippen LogP contribution in [-0.4, -0.2) is 57.2 Å². The van der Waals surface area contributed by atoms with Gasteiger partial charge in [0.1, 0.15) is 12.1 Å². The number of carbonyl (C=O) groups is 1. The number of nitrogens with zero attached hydrogens (tertiary/aromatic N) is 8. The Hall–Kier alpha value is -5.29. The number of carboxylic acids is 1. The molecule has 2 N–H and O–H groups in total. The first-order valence-corrected chi connectivity index (χ1v) is 12.4. The molecule has 11 heteroatoms. The summed E-state index contributed by atoms with van der Waals surface area (Å²) in [6, 6.07) is 14.6. The molecule has 0 spiro atoms. The smallest absolute Gasteiger partial charge is 0.337 e. The summed E-state index contributed by atoms with van der Waals surface area (Å²) in [7, 11) is 0. The molecule has 2 aromatic heterocycles. The normalized spacial score (nSPS) is 13.9. The molecule has 0 radical (unpaired) electrons. The fraction of sp³-hybridized carbons (Fsp3) is 0.250. The van der Waals surface area contributed by atoms with E-state index in [1.54, 1.807) is 24.3 Å². The van der Waals surface area contributed by atoms with Crippen molar-refractivity contribution in [2.24, 2.45) is 0 Å². The molecule has 1 aliphatic heterocycles. The van der Waals surface area contributed by atoms with Crippen molar-refractivity contribution >= 4 is 34.5 Å². The number of anilines is 3. The van der Waals surface area contributed by atoms with Crippen molar-refractivity contribution in [1.29, 1.82) is 10.5 Å². The topological polar surface area (TPSA) is 155 Å². The fourth-order valence-corrected chi connectivity index (χ4v) is 4.72. The summed E-state index contributed by atoms with van der Waals surface area (Å²) in [6.45, 7) is 6.29. The molecule has 39 heavy (non-hydrogen) atoms. The standard InChI is InChI=1S/C28H25N9O2/c1-17-11-21(18(2)33-22-6-4-3-5-20(22)27(38)39)25-23(12-17)34-24(14-30)26(35-25)36-7-9-37(10-8-36)28-31-15-19(13-29)16-32-28/h3-6,11-12,15-16,18,33H,7-10H2,1-2H3,(H,38,39)/t18-/m1/s1. The SMILES string of the molecule is Cc1cc([C@@H](C)Nc2ccccc2C(=O)O)c2nc(N3CCN(c4ncc(C#N)cn4)CC3)c(C#N)nc2c1. The lowest BCUT2D eigenvalue weighted by Gasteiger charge is -2.35. The van der Waals surface area contributed by atoms with E-state index in [4.69, 9.17) is 10.2 Å². The molecule has 194 valence electrons. The molecule has 0 bridgehead atoms. The highest BCUT2D eigenvalue weighted by atomic mass is 16.4. The Balaban J connectivity index is 1.46. The van der Waals surface area contributed by atoms with Crippen LogP contribution in [0.3, 0.4) is 0 Å². The molecule has 5 rings (SSSR count). The third-order valence-corrected chi connectivity index (χ3v) is 6.66. The molecule has 1 atom stereocenters. The van der Waals surface area contributed by atoms with E-state index in [0.29, 0.717) is 60.2 Å². The fourth-order valence-electron chi connectivity index (χ4n) is 4.72. The van der Waals surface area contributed by atoms with Gasteiger partial charge in [0.05, 0.1) is 40.6 Å². The Morgan fingerprint density at radius 3 is 2.38 bits per heavy atom. The van der Waals surface area contributed by atoms with Crippen LogP contribution in [0.5, 0.6) is 0 Å². The highest BCUT2D eigenvalue weighted by Crippen LogP contribution is 2.31. The molecule has 11 nitrogen and oxygen atoms in total. The second-order valence-corrected chi connectivity index (χ2v) is 9.30. The first kappa shape index (κ1) is 25.4. The van der Waals surface area contributed by atoms with Crippen LogP contribution in [0.2, 0.25) is 0 Å². The van der Waals surface area contributed by atoms with Crippen molar-refractivity contribution in [2.45, 2.75) is 19.9 Å². The molecule has 2 aromatic carbocycles. The number of benzene rings is 2. The number of fused-ring (bicyclic) bond motifs is 1. The van der Waals surface area contributed by atoms with Crippen LogP contribution in [0.15, 0.2) is 48.8 Å². The summed E-state index contributed by atoms with van der Waals surface area (Å²) in [5, 5.41) is 31.8. The Morgan fingerprint density at radius 2 is 1.72 bits per heavy atom. The number of rotatable bonds is 6. The van der Waals surface area contributed by atoms with Crippen LogP contribution in [0.4, 0.5) is 17.5 Å². The van der Waals surface area contributed by atoms with E-state index in [0.717, 1.165) is 11.1 Å². The summed E-state index contributed by atoms with van der Waals surface area (Å²) in [5.41, 5.74) is 4.42. The Morgan fingerprint density at radius 1 is 1.03 bits per heavy atom. The molecule has 1 saturated heterocycles. The van der Waals surface area contributed by atoms with E-state index in [-0.39, 0.29) is 17.3 Å². The highest BCUT2D eigenvalue weighted by molar-refractivity contribution is 5.94. The van der Waals surface area contributed by atoms with Crippen LogP contribution in [0.25, 0.3) is 11.0 Å². The van der Waals surface area contributed by atoms with Crippen molar-refractivity contribution in [3.8, 4) is 12.1 Å². The zero-order chi connectivity index (χ0) is 27.5. The number of aromatic nitrogens is 4. The molecular formula is C28H25N9O2. The van der Waals surface area contributed by atoms with Gasteiger partial charge in [0.25, 0.3) is 0 Å². The van der Waals surface area contributed by atoms with E-state index >= 15 is 0 Å². The van der Waals surface area contributed by atoms with Gasteiger partial charge in [-0.1, -0.05) is 18.2 Å². The molecule has 3 heterocycles. The molecule has 4 aromatic rings. The largest absolute Gasteiger partial charge is 0.478 e. The predicted molar refractivity (Wildman–Crippen MR) is 146 cm³/mol. The predicted octanol–water partition coefficient (Wildman–Crippen LogP) is 3.67. The third-order valence-electron chi connectivity index (χ3n) is 6.66. The van der Waals surface area contributed by atoms with Gasteiger partial charge in [-0.2, -0.15) is 10.5 Å². The lowest BCUT2D eigenvalue weighted by molar-refractivity contribution is 0.0698. The van der Waals surface area contributed by atoms with Gasteiger partial charge in [-0.3, -0.25) is 0 Å². The van der Waals surface area contributed by atoms with Gasteiger partial charge in [-0.05, 0) is 37.6 Å². The van der Waals surface area contributed by atoms with E-state index in [9.17, 15) is 15.2 Å². The minimum atomic E-state index is -1.01. The van der Waals surface area contributed by atoms with Crippen molar-refractivity contribution in [3.63, 3.8) is 0 Å². The number of aromatic carboxylic acids is 1. The van der Waals surface area contributed by atoms with Gasteiger partial charge in [0, 0.05) is 37.4 Å². The zero-order valence-electron chi connectivity index (χ0n) is 21.5. The summed E-state index contributed by atoms with van der Waals surface area (Å²) < 4.78 is 0. The zero-order valence-corrected chi connectivity index (χ0v) is 21.5. The van der Waals surface area contributed by atoms with Crippen LogP contribution in [0, 0.1) is 29.6 Å². The molecule has 0 aliphatic carbocycles. The van der Waals surface area contributed by atoms with E-state index in [1.165, 1.54) is 12.4 Å². The number of piperazine rings is 1. The van der Waals surface area contributed by atoms with Gasteiger partial charge in [0.2, 0.25) is 5.95 Å². The second kappa shape index (κ2) is 10.6. The van der Waals surface area contributed by atoms with Gasteiger partial charge in [-0.15, -0.1) is 0 Å². The molecule has 0 amide bonds. The lowest BCUT2D eigenvalue weighted by Crippen LogP contribution is -2.47. The van der Waals surface area contributed by atoms with E-state index in [2.05, 4.69) is 26.3 Å². The Kier molecular flexibility index (Phi) is 6.89. The summed E-state index contributed by atoms with van der Waals surface area (Å²) in [6.07, 6.45) is 3.01. The first-order valence-electron chi connectivity index (χ1n) is 12.4. The number of hydrogen-bond donors (Lipinski definition) is 2. The van der Waals surface area contributed by atoms with Gasteiger partial charge < -0.3 is 20.2 Å². The van der Waals surface area contributed by atoms with E-state index < -0.39 is 5.97 Å². The number of aryl methyl sites for hydroxylation is 1. The molecule has 0 unspecified atom stereocenters. The van der Waals surface area contributed by atoms with Gasteiger partial charge >= 0.3 is 5.97 Å². The van der Waals surface area contributed by atoms with Crippen molar-refractivity contribution in [3.05, 3.63) is 76.7 Å². The Bertz CT molecular complexity index is 1630. The number of para-hydroxylation sites is 1. The van der Waals surface area contributed by atoms with Crippen LogP contribution in [-0.2, 0) is 0 Å².